The van der Waals surface area contributed by atoms with Crippen LogP contribution in [0, 0.1) is 0 Å². The average molecular weight is 258 g/mol. The lowest BCUT2D eigenvalue weighted by atomic mass is 10.1. The summed E-state index contributed by atoms with van der Waals surface area (Å²) in [6, 6.07) is 0.362. The van der Waals surface area contributed by atoms with Crippen molar-refractivity contribution in [3.8, 4) is 0 Å². The van der Waals surface area contributed by atoms with Crippen LogP contribution in [0.25, 0.3) is 0 Å². The van der Waals surface area contributed by atoms with E-state index in [2.05, 4.69) is 29.4 Å². The first-order chi connectivity index (χ1) is 8.19. The number of hydrogen-bond acceptors (Lipinski definition) is 3. The fraction of sp³-hybridized carbons (Fsp3) is 0.667. The van der Waals surface area contributed by atoms with Gasteiger partial charge in [-0.2, -0.15) is 5.10 Å². The second kappa shape index (κ2) is 7.33. The molecule has 1 aromatic rings. The van der Waals surface area contributed by atoms with Gasteiger partial charge in [-0.15, -0.1) is 0 Å². The number of unbranched alkanes of at least 4 members (excludes halogenated alkanes) is 1. The third-order valence-electron chi connectivity index (χ3n) is 2.70. The van der Waals surface area contributed by atoms with Gasteiger partial charge in [0.05, 0.1) is 11.9 Å². The topological polar surface area (TPSA) is 57.8 Å². The van der Waals surface area contributed by atoms with Gasteiger partial charge < -0.3 is 5.32 Å². The second-order valence-electron chi connectivity index (χ2n) is 4.20. The van der Waals surface area contributed by atoms with E-state index in [1.165, 1.54) is 12.8 Å². The number of rotatable bonds is 7. The summed E-state index contributed by atoms with van der Waals surface area (Å²) < 4.78 is 0. The van der Waals surface area contributed by atoms with Crippen LogP contribution < -0.4 is 10.9 Å². The van der Waals surface area contributed by atoms with Crippen LogP contribution in [0.1, 0.15) is 46.0 Å². The fourth-order valence-electron chi connectivity index (χ4n) is 1.79. The molecule has 0 saturated heterocycles. The first-order valence-corrected chi connectivity index (χ1v) is 6.56. The molecule has 0 aliphatic rings. The van der Waals surface area contributed by atoms with Crippen LogP contribution in [0.4, 0.5) is 5.69 Å². The van der Waals surface area contributed by atoms with E-state index in [1.807, 2.05) is 0 Å². The normalized spacial score (nSPS) is 12.4. The summed E-state index contributed by atoms with van der Waals surface area (Å²) in [5.41, 5.74) is 0.285. The molecule has 4 nitrogen and oxygen atoms in total. The summed E-state index contributed by atoms with van der Waals surface area (Å²) >= 11 is 5.93. The van der Waals surface area contributed by atoms with Gasteiger partial charge in [0.15, 0.2) is 0 Å². The van der Waals surface area contributed by atoms with Crippen molar-refractivity contribution in [2.24, 2.45) is 0 Å². The Bertz CT molecular complexity index is 392. The van der Waals surface area contributed by atoms with Gasteiger partial charge in [-0.25, -0.2) is 5.10 Å². The molecule has 5 heteroatoms. The highest BCUT2D eigenvalue weighted by Crippen LogP contribution is 2.19. The zero-order valence-electron chi connectivity index (χ0n) is 10.4. The van der Waals surface area contributed by atoms with Crippen LogP contribution in [0.3, 0.4) is 0 Å². The van der Waals surface area contributed by atoms with Crippen molar-refractivity contribution in [3.05, 3.63) is 21.6 Å². The molecule has 1 heterocycles. The molecule has 0 radical (unpaired) electrons. The summed E-state index contributed by atoms with van der Waals surface area (Å²) in [5, 5.41) is 9.57. The number of H-pyrrole nitrogens is 1. The number of anilines is 1. The molecule has 96 valence electrons. The molecule has 0 fully saturated rings. The number of aromatic amines is 1. The highest BCUT2D eigenvalue weighted by atomic mass is 35.5. The van der Waals surface area contributed by atoms with E-state index in [-0.39, 0.29) is 10.6 Å². The van der Waals surface area contributed by atoms with Gasteiger partial charge in [-0.05, 0) is 12.8 Å². The zero-order chi connectivity index (χ0) is 12.7. The van der Waals surface area contributed by atoms with E-state index in [0.29, 0.717) is 11.7 Å². The lowest BCUT2D eigenvalue weighted by Crippen LogP contribution is -2.21. The molecule has 0 bridgehead atoms. The number of nitrogens with one attached hydrogen (secondary N) is 2. The maximum absolute atomic E-state index is 11.3. The lowest BCUT2D eigenvalue weighted by Gasteiger charge is -2.19. The summed E-state index contributed by atoms with van der Waals surface area (Å²) in [6.45, 7) is 4.32. The molecule has 0 spiro atoms. The van der Waals surface area contributed by atoms with Gasteiger partial charge in [0.2, 0.25) is 0 Å². The number of hydrogen-bond donors (Lipinski definition) is 2. The van der Waals surface area contributed by atoms with E-state index in [1.54, 1.807) is 6.20 Å². The van der Waals surface area contributed by atoms with Crippen LogP contribution >= 0.6 is 11.6 Å². The molecule has 1 rings (SSSR count). The highest BCUT2D eigenvalue weighted by Gasteiger charge is 2.11. The van der Waals surface area contributed by atoms with E-state index in [9.17, 15) is 4.79 Å². The molecule has 2 N–H and O–H groups in total. The van der Waals surface area contributed by atoms with Crippen molar-refractivity contribution in [3.63, 3.8) is 0 Å². The van der Waals surface area contributed by atoms with E-state index in [0.717, 1.165) is 19.3 Å². The van der Waals surface area contributed by atoms with Crippen molar-refractivity contribution in [1.82, 2.24) is 10.2 Å². The van der Waals surface area contributed by atoms with Crippen LogP contribution in [0.15, 0.2) is 11.0 Å². The molecule has 0 aliphatic heterocycles. The first kappa shape index (κ1) is 14.0. The minimum absolute atomic E-state index is 0.192. The van der Waals surface area contributed by atoms with Gasteiger partial charge >= 0.3 is 0 Å². The Morgan fingerprint density at radius 3 is 2.82 bits per heavy atom. The van der Waals surface area contributed by atoms with Gasteiger partial charge in [-0.1, -0.05) is 44.7 Å². The van der Waals surface area contributed by atoms with E-state index >= 15 is 0 Å². The standard InChI is InChI=1S/C12H20ClN3O/c1-3-5-7-9(6-4-2)15-10-8-14-16-12(17)11(10)13/h8-9H,3-7H2,1-2H3,(H2,15,16,17). The average Bonchev–Trinajstić information content (AvgIpc) is 2.32. The van der Waals surface area contributed by atoms with Crippen LogP contribution in [-0.4, -0.2) is 16.2 Å². The third kappa shape index (κ3) is 4.38. The number of nitrogens with zero attached hydrogens (tertiary/aromatic N) is 1. The van der Waals surface area contributed by atoms with Crippen molar-refractivity contribution < 1.29 is 0 Å². The maximum Gasteiger partial charge on any atom is 0.285 e. The van der Waals surface area contributed by atoms with Gasteiger partial charge in [-0.3, -0.25) is 4.79 Å². The van der Waals surface area contributed by atoms with E-state index < -0.39 is 0 Å². The molecule has 1 unspecified atom stereocenters. The molecular formula is C12H20ClN3O. The largest absolute Gasteiger partial charge is 0.380 e. The predicted molar refractivity (Wildman–Crippen MR) is 71.7 cm³/mol. The molecule has 1 atom stereocenters. The van der Waals surface area contributed by atoms with Crippen molar-refractivity contribution in [1.29, 1.82) is 0 Å². The Hall–Kier alpha value is -1.03. The van der Waals surface area contributed by atoms with Gasteiger partial charge in [0.1, 0.15) is 5.02 Å². The van der Waals surface area contributed by atoms with Crippen LogP contribution in [0.2, 0.25) is 5.02 Å². The Morgan fingerprint density at radius 2 is 2.18 bits per heavy atom. The molecule has 17 heavy (non-hydrogen) atoms. The number of halogens is 1. The Labute approximate surface area is 107 Å². The number of aromatic nitrogens is 2. The summed E-state index contributed by atoms with van der Waals surface area (Å²) in [6.07, 6.45) is 7.18. The first-order valence-electron chi connectivity index (χ1n) is 6.18. The lowest BCUT2D eigenvalue weighted by molar-refractivity contribution is 0.564. The highest BCUT2D eigenvalue weighted by molar-refractivity contribution is 6.32. The fourth-order valence-corrected chi connectivity index (χ4v) is 1.94. The van der Waals surface area contributed by atoms with Gasteiger partial charge in [0, 0.05) is 6.04 Å². The van der Waals surface area contributed by atoms with E-state index in [4.69, 9.17) is 11.6 Å². The summed E-state index contributed by atoms with van der Waals surface area (Å²) in [7, 11) is 0. The van der Waals surface area contributed by atoms with Crippen molar-refractivity contribution in [2.75, 3.05) is 5.32 Å². The molecular weight excluding hydrogens is 238 g/mol. The smallest absolute Gasteiger partial charge is 0.285 e. The molecule has 0 aliphatic carbocycles. The van der Waals surface area contributed by atoms with Crippen LogP contribution in [0.5, 0.6) is 0 Å². The Balaban J connectivity index is 2.71. The van der Waals surface area contributed by atoms with Crippen molar-refractivity contribution >= 4 is 17.3 Å². The zero-order valence-corrected chi connectivity index (χ0v) is 11.2. The van der Waals surface area contributed by atoms with Crippen molar-refractivity contribution in [2.45, 2.75) is 52.0 Å². The summed E-state index contributed by atoms with van der Waals surface area (Å²) in [5.74, 6) is 0. The maximum atomic E-state index is 11.3. The quantitative estimate of drug-likeness (QED) is 0.789. The molecule has 0 saturated carbocycles. The SMILES string of the molecule is CCCCC(CCC)Nc1cn[nH]c(=O)c1Cl. The Morgan fingerprint density at radius 1 is 1.41 bits per heavy atom. The third-order valence-corrected chi connectivity index (χ3v) is 3.07. The molecule has 1 aromatic heterocycles. The molecule has 0 aromatic carbocycles. The van der Waals surface area contributed by atoms with Gasteiger partial charge in [0.25, 0.3) is 5.56 Å². The van der Waals surface area contributed by atoms with Crippen LogP contribution in [-0.2, 0) is 0 Å². The Kier molecular flexibility index (Phi) is 6.05. The monoisotopic (exact) mass is 257 g/mol. The predicted octanol–water partition coefficient (Wildman–Crippen LogP) is 3.19. The molecule has 0 amide bonds. The summed E-state index contributed by atoms with van der Waals surface area (Å²) in [4.78, 5) is 11.3. The minimum Gasteiger partial charge on any atom is -0.380 e. The minimum atomic E-state index is -0.345. The second-order valence-corrected chi connectivity index (χ2v) is 4.58.